The molecule has 1 aromatic carbocycles. The number of phenolic OH excluding ortho intramolecular Hbond substituents is 1. The lowest BCUT2D eigenvalue weighted by atomic mass is 9.61. The number of nitrogens with two attached hydrogens (primary N) is 1. The molecule has 4 nitrogen and oxygen atoms in total. The predicted octanol–water partition coefficient (Wildman–Crippen LogP) is 2.77. The zero-order valence-corrected chi connectivity index (χ0v) is 12.5. The van der Waals surface area contributed by atoms with Crippen molar-refractivity contribution in [1.29, 1.82) is 0 Å². The second kappa shape index (κ2) is 4.13. The molecular weight excluding hydrogens is 276 g/mol. The molecule has 2 aromatic rings. The van der Waals surface area contributed by atoms with Gasteiger partial charge in [0.25, 0.3) is 0 Å². The molecule has 2 aliphatic carbocycles. The van der Waals surface area contributed by atoms with Gasteiger partial charge >= 0.3 is 0 Å². The molecule has 0 unspecified atom stereocenters. The molecule has 0 bridgehead atoms. The molecule has 0 saturated heterocycles. The van der Waals surface area contributed by atoms with Gasteiger partial charge in [0.1, 0.15) is 5.75 Å². The first-order valence-corrected chi connectivity index (χ1v) is 8.30. The van der Waals surface area contributed by atoms with Crippen LogP contribution in [0.5, 0.6) is 5.75 Å². The highest BCUT2D eigenvalue weighted by Gasteiger charge is 2.48. The largest absolute Gasteiger partial charge is 0.507 e. The van der Waals surface area contributed by atoms with Crippen LogP contribution in [-0.4, -0.2) is 21.6 Å². The van der Waals surface area contributed by atoms with Gasteiger partial charge in [-0.3, -0.25) is 9.36 Å². The van der Waals surface area contributed by atoms with Gasteiger partial charge < -0.3 is 10.8 Å². The average molecular weight is 296 g/mol. The van der Waals surface area contributed by atoms with Crippen LogP contribution in [-0.2, 0) is 6.42 Å². The zero-order chi connectivity index (χ0) is 15.0. The van der Waals surface area contributed by atoms with E-state index < -0.39 is 0 Å². The third kappa shape index (κ3) is 1.39. The van der Waals surface area contributed by atoms with Crippen molar-refractivity contribution in [2.24, 2.45) is 17.6 Å². The molecule has 0 amide bonds. The van der Waals surface area contributed by atoms with E-state index in [0.29, 0.717) is 24.2 Å². The van der Waals surface area contributed by atoms with Crippen molar-refractivity contribution >= 4 is 16.8 Å². The Hall–Kier alpha value is -1.81. The molecule has 2 heterocycles. The number of carbonyl (C=O) groups excluding carboxylic acids is 1. The molecule has 0 spiro atoms. The van der Waals surface area contributed by atoms with Crippen molar-refractivity contribution in [2.45, 2.75) is 44.1 Å². The minimum atomic E-state index is 0.146. The highest BCUT2D eigenvalue weighted by molar-refractivity contribution is 6.00. The van der Waals surface area contributed by atoms with E-state index in [9.17, 15) is 9.90 Å². The Kier molecular flexibility index (Phi) is 2.39. The fraction of sp³-hybridized carbons (Fsp3) is 0.500. The van der Waals surface area contributed by atoms with E-state index in [1.54, 1.807) is 6.07 Å². The standard InChI is InChI=1S/C18H20N2O2/c19-12-8-11-17-13(5-2-6-14(17)21)20-15(22)7-9-3-1-4-10(12)16(9)18(11)20/h2,5-6,9-10,12,16,21H,1,3-4,7-8,19H2/t9-,10+,12-,16+/m0/s1. The van der Waals surface area contributed by atoms with Crippen LogP contribution in [0, 0.1) is 11.8 Å². The highest BCUT2D eigenvalue weighted by Crippen LogP contribution is 2.54. The van der Waals surface area contributed by atoms with Gasteiger partial charge in [0.15, 0.2) is 0 Å². The summed E-state index contributed by atoms with van der Waals surface area (Å²) < 4.78 is 1.90. The Morgan fingerprint density at radius 3 is 2.95 bits per heavy atom. The first-order chi connectivity index (χ1) is 10.7. The number of aromatic hydroxyl groups is 1. The minimum Gasteiger partial charge on any atom is -0.507 e. The predicted molar refractivity (Wildman–Crippen MR) is 84.1 cm³/mol. The first kappa shape index (κ1) is 12.7. The Morgan fingerprint density at radius 1 is 1.23 bits per heavy atom. The molecule has 0 radical (unpaired) electrons. The summed E-state index contributed by atoms with van der Waals surface area (Å²) in [6.07, 6.45) is 4.89. The number of benzene rings is 1. The summed E-state index contributed by atoms with van der Waals surface area (Å²) >= 11 is 0. The summed E-state index contributed by atoms with van der Waals surface area (Å²) in [6, 6.07) is 5.64. The molecule has 4 heteroatoms. The Balaban J connectivity index is 1.90. The number of carbonyl (C=O) groups is 1. The van der Waals surface area contributed by atoms with Gasteiger partial charge in [-0.1, -0.05) is 12.5 Å². The molecule has 1 aliphatic heterocycles. The maximum Gasteiger partial charge on any atom is 0.231 e. The summed E-state index contributed by atoms with van der Waals surface area (Å²) in [5.74, 6) is 1.80. The van der Waals surface area contributed by atoms with Gasteiger partial charge in [0.2, 0.25) is 5.91 Å². The molecule has 3 aliphatic rings. The molecular formula is C18H20N2O2. The number of rotatable bonds is 0. The SMILES string of the molecule is N[C@H]1Cc2c3n(c4cccc(O)c24)C(=O)C[C@@H]2CCC[C@H]1[C@H]32. The van der Waals surface area contributed by atoms with Crippen LogP contribution in [0.2, 0.25) is 0 Å². The van der Waals surface area contributed by atoms with E-state index in [2.05, 4.69) is 0 Å². The van der Waals surface area contributed by atoms with E-state index >= 15 is 0 Å². The van der Waals surface area contributed by atoms with Crippen LogP contribution in [0.1, 0.15) is 47.7 Å². The molecule has 22 heavy (non-hydrogen) atoms. The fourth-order valence-electron chi connectivity index (χ4n) is 5.40. The van der Waals surface area contributed by atoms with Crippen molar-refractivity contribution < 1.29 is 9.90 Å². The van der Waals surface area contributed by atoms with Crippen molar-refractivity contribution in [3.63, 3.8) is 0 Å². The lowest BCUT2D eigenvalue weighted by Gasteiger charge is -2.47. The van der Waals surface area contributed by atoms with Crippen LogP contribution in [0.15, 0.2) is 18.2 Å². The Bertz CT molecular complexity index is 807. The number of nitrogens with zero attached hydrogens (tertiary/aromatic N) is 1. The lowest BCUT2D eigenvalue weighted by molar-refractivity contribution is 0.0748. The van der Waals surface area contributed by atoms with E-state index in [0.717, 1.165) is 29.3 Å². The van der Waals surface area contributed by atoms with Gasteiger partial charge in [-0.25, -0.2) is 0 Å². The number of phenols is 1. The summed E-state index contributed by atoms with van der Waals surface area (Å²) in [4.78, 5) is 12.7. The quantitative estimate of drug-likeness (QED) is 0.785. The van der Waals surface area contributed by atoms with Crippen LogP contribution in [0.4, 0.5) is 0 Å². The van der Waals surface area contributed by atoms with Gasteiger partial charge in [-0.15, -0.1) is 0 Å². The smallest absolute Gasteiger partial charge is 0.231 e. The van der Waals surface area contributed by atoms with Crippen molar-refractivity contribution in [3.8, 4) is 5.75 Å². The second-order valence-corrected chi connectivity index (χ2v) is 7.22. The van der Waals surface area contributed by atoms with Crippen LogP contribution >= 0.6 is 0 Å². The van der Waals surface area contributed by atoms with Gasteiger partial charge in [-0.2, -0.15) is 0 Å². The minimum absolute atomic E-state index is 0.146. The second-order valence-electron chi connectivity index (χ2n) is 7.22. The Morgan fingerprint density at radius 2 is 2.09 bits per heavy atom. The van der Waals surface area contributed by atoms with Gasteiger partial charge in [0, 0.05) is 29.5 Å². The summed E-state index contributed by atoms with van der Waals surface area (Å²) in [6.45, 7) is 0. The maximum absolute atomic E-state index is 12.7. The normalized spacial score (nSPS) is 33.0. The first-order valence-electron chi connectivity index (χ1n) is 8.30. The van der Waals surface area contributed by atoms with Crippen molar-refractivity contribution in [3.05, 3.63) is 29.5 Å². The van der Waals surface area contributed by atoms with Crippen LogP contribution < -0.4 is 5.73 Å². The van der Waals surface area contributed by atoms with Gasteiger partial charge in [-0.05, 0) is 48.8 Å². The van der Waals surface area contributed by atoms with Crippen molar-refractivity contribution in [2.75, 3.05) is 0 Å². The fourth-order valence-corrected chi connectivity index (χ4v) is 5.40. The van der Waals surface area contributed by atoms with Crippen LogP contribution in [0.25, 0.3) is 10.9 Å². The summed E-state index contributed by atoms with van der Waals surface area (Å²) in [5.41, 5.74) is 9.66. The monoisotopic (exact) mass is 296 g/mol. The lowest BCUT2D eigenvalue weighted by Crippen LogP contribution is -2.47. The van der Waals surface area contributed by atoms with E-state index in [4.69, 9.17) is 5.73 Å². The average Bonchev–Trinajstić information content (AvgIpc) is 2.84. The molecule has 1 saturated carbocycles. The summed E-state index contributed by atoms with van der Waals surface area (Å²) in [7, 11) is 0. The Labute approximate surface area is 128 Å². The van der Waals surface area contributed by atoms with E-state index in [-0.39, 0.29) is 17.7 Å². The number of aromatic nitrogens is 1. The number of hydrogen-bond acceptors (Lipinski definition) is 3. The topological polar surface area (TPSA) is 68.2 Å². The van der Waals surface area contributed by atoms with Gasteiger partial charge in [0.05, 0.1) is 5.52 Å². The molecule has 1 fully saturated rings. The number of fused-ring (bicyclic) bond motifs is 3. The highest BCUT2D eigenvalue weighted by atomic mass is 16.3. The van der Waals surface area contributed by atoms with Crippen LogP contribution in [0.3, 0.4) is 0 Å². The number of hydrogen-bond donors (Lipinski definition) is 2. The molecule has 1 aromatic heterocycles. The molecule has 5 rings (SSSR count). The van der Waals surface area contributed by atoms with Crippen molar-refractivity contribution in [1.82, 2.24) is 4.57 Å². The molecule has 114 valence electrons. The molecule has 3 N–H and O–H groups in total. The maximum atomic E-state index is 12.7. The summed E-state index contributed by atoms with van der Waals surface area (Å²) in [5, 5.41) is 11.2. The van der Waals surface area contributed by atoms with E-state index in [1.165, 1.54) is 18.5 Å². The third-order valence-electron chi connectivity index (χ3n) is 6.19. The third-order valence-corrected chi connectivity index (χ3v) is 6.19. The van der Waals surface area contributed by atoms with E-state index in [1.807, 2.05) is 16.7 Å². The molecule has 4 atom stereocenters. The zero-order valence-electron chi connectivity index (χ0n) is 12.5.